The molecule has 3 rings (SSSR count). The summed E-state index contributed by atoms with van der Waals surface area (Å²) in [5, 5.41) is 16.7. The minimum Gasteiger partial charge on any atom is -0.388 e. The number of hydrogen-bond donors (Lipinski definition) is 7. The standard InChI is InChI=1S/C26H38N6O4S.C2H6N2.C2H6/c27-15-6-9-22(31-37(35,36)18-20-7-2-1-3-8-20)26(34)32-16-5-4-10-23(32)25(33)30-17-19-11-13-21(14-12-19)24(28)29;1-2(3)4;1-2/h2,7-8,11-14,22-23,31H,1,3-6,9-10,15-18,27H2,(H3,28,29)(H,30,33);1H3,(H3,3,4);1-2H3/t22-,23+;;/m1../s1. The molecule has 10 N–H and O–H groups in total. The van der Waals surface area contributed by atoms with E-state index in [4.69, 9.17) is 28.0 Å². The van der Waals surface area contributed by atoms with Gasteiger partial charge in [-0.25, -0.2) is 13.1 Å². The van der Waals surface area contributed by atoms with Gasteiger partial charge < -0.3 is 27.4 Å². The number of nitrogens with two attached hydrogens (primary N) is 3. The normalized spacial score (nSPS) is 16.8. The Morgan fingerprint density at radius 2 is 1.74 bits per heavy atom. The Bertz CT molecular complexity index is 1230. The van der Waals surface area contributed by atoms with Gasteiger partial charge in [0.1, 0.15) is 17.9 Å². The second-order valence-corrected chi connectivity index (χ2v) is 11.9. The number of carbonyl (C=O) groups excluding carboxylic acids is 2. The number of amidine groups is 2. The molecule has 1 aromatic carbocycles. The highest BCUT2D eigenvalue weighted by Crippen LogP contribution is 2.20. The average Bonchev–Trinajstić information content (AvgIpc) is 2.99. The maximum atomic E-state index is 13.6. The molecule has 1 heterocycles. The minimum absolute atomic E-state index is 0.0290. The van der Waals surface area contributed by atoms with Crippen LogP contribution < -0.4 is 27.2 Å². The zero-order valence-corrected chi connectivity index (χ0v) is 26.5. The lowest BCUT2D eigenvalue weighted by Gasteiger charge is -2.37. The van der Waals surface area contributed by atoms with Crippen molar-refractivity contribution in [3.05, 3.63) is 59.2 Å². The van der Waals surface area contributed by atoms with Gasteiger partial charge in [-0.3, -0.25) is 20.4 Å². The van der Waals surface area contributed by atoms with Crippen molar-refractivity contribution in [1.29, 1.82) is 10.8 Å². The van der Waals surface area contributed by atoms with Gasteiger partial charge in [-0.15, -0.1) is 0 Å². The highest BCUT2D eigenvalue weighted by Gasteiger charge is 2.36. The summed E-state index contributed by atoms with van der Waals surface area (Å²) in [6, 6.07) is 5.35. The van der Waals surface area contributed by atoms with Crippen LogP contribution in [0.1, 0.15) is 76.8 Å². The fourth-order valence-electron chi connectivity index (χ4n) is 4.58. The van der Waals surface area contributed by atoms with Crippen molar-refractivity contribution in [3.63, 3.8) is 0 Å². The fraction of sp³-hybridized carbons (Fsp3) is 0.533. The summed E-state index contributed by atoms with van der Waals surface area (Å²) in [5.74, 6) is -0.724. The topological polar surface area (TPSA) is 221 Å². The smallest absolute Gasteiger partial charge is 0.243 e. The van der Waals surface area contributed by atoms with E-state index in [1.807, 2.05) is 26.0 Å². The molecule has 0 radical (unpaired) electrons. The molecule has 43 heavy (non-hydrogen) atoms. The molecule has 2 aliphatic rings. The number of nitrogens with zero attached hydrogens (tertiary/aromatic N) is 1. The third-order valence-corrected chi connectivity index (χ3v) is 7.92. The van der Waals surface area contributed by atoms with Crippen LogP contribution in [0.25, 0.3) is 0 Å². The number of sulfonamides is 1. The van der Waals surface area contributed by atoms with Crippen molar-refractivity contribution in [2.24, 2.45) is 17.2 Å². The van der Waals surface area contributed by atoms with Gasteiger partial charge in [0.25, 0.3) is 0 Å². The molecule has 2 amide bonds. The molecule has 1 aromatic rings. The molecule has 0 saturated carbocycles. The van der Waals surface area contributed by atoms with Gasteiger partial charge in [-0.2, -0.15) is 0 Å². The Morgan fingerprint density at radius 1 is 1.09 bits per heavy atom. The lowest BCUT2D eigenvalue weighted by Crippen LogP contribution is -2.57. The third kappa shape index (κ3) is 14.0. The number of allylic oxidation sites excluding steroid dienone is 3. The molecule has 0 unspecified atom stereocenters. The number of carbonyl (C=O) groups is 2. The number of amides is 2. The van der Waals surface area contributed by atoms with Crippen LogP contribution in [0.4, 0.5) is 0 Å². The first-order valence-electron chi connectivity index (χ1n) is 14.8. The second kappa shape index (κ2) is 19.6. The average molecular weight is 619 g/mol. The van der Waals surface area contributed by atoms with Gasteiger partial charge in [-0.05, 0) is 69.6 Å². The summed E-state index contributed by atoms with van der Waals surface area (Å²) in [6.07, 6.45) is 10.1. The van der Waals surface area contributed by atoms with E-state index in [0.29, 0.717) is 37.1 Å². The molecular weight excluding hydrogens is 568 g/mol. The van der Waals surface area contributed by atoms with Crippen molar-refractivity contribution >= 4 is 33.5 Å². The number of benzene rings is 1. The largest absolute Gasteiger partial charge is 0.388 e. The van der Waals surface area contributed by atoms with Crippen molar-refractivity contribution in [2.45, 2.75) is 84.3 Å². The van der Waals surface area contributed by atoms with Gasteiger partial charge in [0, 0.05) is 18.7 Å². The van der Waals surface area contributed by atoms with Crippen molar-refractivity contribution in [3.8, 4) is 0 Å². The minimum atomic E-state index is -3.77. The van der Waals surface area contributed by atoms with Crippen molar-refractivity contribution in [1.82, 2.24) is 14.9 Å². The van der Waals surface area contributed by atoms with Gasteiger partial charge in [-0.1, -0.05) is 56.3 Å². The maximum Gasteiger partial charge on any atom is 0.243 e. The lowest BCUT2D eigenvalue weighted by atomic mass is 9.99. The zero-order chi connectivity index (χ0) is 32.4. The number of hydrogen-bond acceptors (Lipinski definition) is 7. The van der Waals surface area contributed by atoms with Crippen LogP contribution in [0.2, 0.25) is 0 Å². The van der Waals surface area contributed by atoms with Gasteiger partial charge in [0.05, 0.1) is 11.6 Å². The van der Waals surface area contributed by atoms with E-state index < -0.39 is 28.0 Å². The van der Waals surface area contributed by atoms with Crippen LogP contribution in [0.3, 0.4) is 0 Å². The van der Waals surface area contributed by atoms with Crippen LogP contribution in [-0.4, -0.2) is 67.7 Å². The number of nitrogen functional groups attached to an aromatic ring is 1. The van der Waals surface area contributed by atoms with Gasteiger partial charge in [0.2, 0.25) is 21.8 Å². The van der Waals surface area contributed by atoms with E-state index in [9.17, 15) is 18.0 Å². The Labute approximate surface area is 256 Å². The Morgan fingerprint density at radius 3 is 2.30 bits per heavy atom. The van der Waals surface area contributed by atoms with E-state index >= 15 is 0 Å². The van der Waals surface area contributed by atoms with Crippen LogP contribution in [0.15, 0.2) is 48.1 Å². The number of piperidine rings is 1. The fourth-order valence-corrected chi connectivity index (χ4v) is 5.97. The maximum absolute atomic E-state index is 13.6. The Hall–Kier alpha value is -3.55. The van der Waals surface area contributed by atoms with E-state index in [-0.39, 0.29) is 36.3 Å². The lowest BCUT2D eigenvalue weighted by molar-refractivity contribution is -0.143. The number of likely N-dealkylation sites (tertiary alicyclic amines) is 1. The second-order valence-electron chi connectivity index (χ2n) is 10.2. The summed E-state index contributed by atoms with van der Waals surface area (Å²) >= 11 is 0. The highest BCUT2D eigenvalue weighted by atomic mass is 32.2. The first kappa shape index (κ1) is 37.5. The molecule has 0 aromatic heterocycles. The van der Waals surface area contributed by atoms with E-state index in [1.54, 1.807) is 30.3 Å². The summed E-state index contributed by atoms with van der Waals surface area (Å²) in [7, 11) is -3.77. The predicted molar refractivity (Wildman–Crippen MR) is 173 cm³/mol. The predicted octanol–water partition coefficient (Wildman–Crippen LogP) is 2.24. The molecule has 1 fully saturated rings. The molecule has 0 bridgehead atoms. The van der Waals surface area contributed by atoms with E-state index in [2.05, 4.69) is 10.0 Å². The highest BCUT2D eigenvalue weighted by molar-refractivity contribution is 7.89. The molecule has 2 atom stereocenters. The molecule has 1 saturated heterocycles. The van der Waals surface area contributed by atoms with Crippen LogP contribution >= 0.6 is 0 Å². The summed E-state index contributed by atoms with van der Waals surface area (Å²) in [4.78, 5) is 28.2. The van der Waals surface area contributed by atoms with Crippen LogP contribution in [-0.2, 0) is 26.2 Å². The monoisotopic (exact) mass is 618 g/mol. The molecule has 240 valence electrons. The van der Waals surface area contributed by atoms with Crippen LogP contribution in [0, 0.1) is 10.8 Å². The van der Waals surface area contributed by atoms with E-state index in [0.717, 1.165) is 31.2 Å². The third-order valence-electron chi connectivity index (χ3n) is 6.57. The number of rotatable bonds is 12. The quantitative estimate of drug-likeness (QED) is 0.137. The van der Waals surface area contributed by atoms with Crippen molar-refractivity contribution < 1.29 is 18.0 Å². The molecule has 13 heteroatoms. The summed E-state index contributed by atoms with van der Waals surface area (Å²) in [6.45, 7) is 6.51. The summed E-state index contributed by atoms with van der Waals surface area (Å²) < 4.78 is 28.4. The molecule has 1 aliphatic heterocycles. The first-order valence-corrected chi connectivity index (χ1v) is 16.5. The molecule has 0 spiro atoms. The first-order chi connectivity index (χ1) is 20.4. The van der Waals surface area contributed by atoms with Crippen LogP contribution in [0.5, 0.6) is 0 Å². The SMILES string of the molecule is CC.CC(=N)N.N=C(N)c1ccc(CNC(=O)[C@@H]2CCCCN2C(=O)[C@@H](CCCN)NS(=O)(=O)CC2=CCCC=C2)cc1. The molecule has 1 aliphatic carbocycles. The van der Waals surface area contributed by atoms with Gasteiger partial charge in [0.15, 0.2) is 0 Å². The Balaban J connectivity index is 0.00000142. The Kier molecular flexibility index (Phi) is 17.1. The zero-order valence-electron chi connectivity index (χ0n) is 25.7. The molecular formula is C30H50N8O4S. The van der Waals surface area contributed by atoms with E-state index in [1.165, 1.54) is 11.8 Å². The number of nitrogens with one attached hydrogen (secondary N) is 4. The van der Waals surface area contributed by atoms with Gasteiger partial charge >= 0.3 is 0 Å². The summed E-state index contributed by atoms with van der Waals surface area (Å²) in [5.41, 5.74) is 18.0. The molecule has 12 nitrogen and oxygen atoms in total. The van der Waals surface area contributed by atoms with Crippen molar-refractivity contribution in [2.75, 3.05) is 18.8 Å².